The monoisotopic (exact) mass is 543 g/mol. The first-order valence-electron chi connectivity index (χ1n) is 13.4. The summed E-state index contributed by atoms with van der Waals surface area (Å²) in [7, 11) is 0. The second-order valence-electron chi connectivity index (χ2n) is 10.2. The van der Waals surface area contributed by atoms with Gasteiger partial charge in [-0.25, -0.2) is 9.07 Å². The molecule has 40 heavy (non-hydrogen) atoms. The fourth-order valence-corrected chi connectivity index (χ4v) is 5.07. The van der Waals surface area contributed by atoms with E-state index < -0.39 is 17.9 Å². The number of nitrogens with one attached hydrogen (secondary N) is 2. The van der Waals surface area contributed by atoms with Crippen LogP contribution >= 0.6 is 0 Å². The molecule has 2 fully saturated rings. The number of carbonyl (C=O) groups excluding carboxylic acids is 3. The molecule has 1 saturated carbocycles. The Hall–Kier alpha value is -4.43. The maximum absolute atomic E-state index is 13.4. The zero-order valence-corrected chi connectivity index (χ0v) is 21.9. The smallest absolute Gasteiger partial charge is 0.251 e. The molecule has 2 amide bonds. The van der Waals surface area contributed by atoms with Crippen molar-refractivity contribution >= 4 is 17.6 Å². The van der Waals surface area contributed by atoms with E-state index in [4.69, 9.17) is 5.26 Å². The van der Waals surface area contributed by atoms with Crippen LogP contribution in [0.2, 0.25) is 0 Å². The number of halogens is 1. The number of hydrogen-bond acceptors (Lipinski definition) is 7. The highest BCUT2D eigenvalue weighted by molar-refractivity contribution is 5.98. The van der Waals surface area contributed by atoms with Gasteiger partial charge in [-0.2, -0.15) is 5.26 Å². The van der Waals surface area contributed by atoms with Crippen LogP contribution in [0.1, 0.15) is 47.5 Å². The van der Waals surface area contributed by atoms with Crippen molar-refractivity contribution in [1.29, 1.82) is 5.26 Å². The van der Waals surface area contributed by atoms with Gasteiger partial charge in [0.25, 0.3) is 5.91 Å². The highest BCUT2D eigenvalue weighted by Gasteiger charge is 2.38. The van der Waals surface area contributed by atoms with Gasteiger partial charge in [0.05, 0.1) is 30.7 Å². The van der Waals surface area contributed by atoms with Crippen LogP contribution in [0.3, 0.4) is 0 Å². The molecule has 1 aliphatic heterocycles. The Morgan fingerprint density at radius 3 is 2.60 bits per heavy atom. The highest BCUT2D eigenvalue weighted by Crippen LogP contribution is 2.40. The van der Waals surface area contributed by atoms with E-state index in [9.17, 15) is 18.8 Å². The van der Waals surface area contributed by atoms with Crippen LogP contribution in [0, 0.1) is 23.1 Å². The first-order chi connectivity index (χ1) is 19.4. The molecule has 1 aromatic heterocycles. The number of nitriles is 1. The van der Waals surface area contributed by atoms with Crippen molar-refractivity contribution in [2.24, 2.45) is 5.92 Å². The van der Waals surface area contributed by atoms with Crippen molar-refractivity contribution in [3.8, 4) is 11.8 Å². The van der Waals surface area contributed by atoms with Crippen LogP contribution in [0.4, 0.5) is 4.39 Å². The maximum Gasteiger partial charge on any atom is 0.251 e. The van der Waals surface area contributed by atoms with Crippen molar-refractivity contribution in [3.63, 3.8) is 0 Å². The highest BCUT2D eigenvalue weighted by atomic mass is 19.1. The third kappa shape index (κ3) is 6.40. The molecule has 206 valence electrons. The molecule has 0 radical (unpaired) electrons. The minimum Gasteiger partial charge on any atom is -0.340 e. The summed E-state index contributed by atoms with van der Waals surface area (Å²) in [5.41, 5.74) is 2.23. The molecule has 10 nitrogen and oxygen atoms in total. The first kappa shape index (κ1) is 27.1. The number of benzene rings is 2. The largest absolute Gasteiger partial charge is 0.340 e. The average Bonchev–Trinajstić information content (AvgIpc) is 3.53. The molecule has 11 heteroatoms. The summed E-state index contributed by atoms with van der Waals surface area (Å²) in [6.07, 6.45) is 5.51. The molecule has 2 heterocycles. The molecule has 1 saturated heterocycles. The van der Waals surface area contributed by atoms with Gasteiger partial charge in [0.1, 0.15) is 17.8 Å². The Morgan fingerprint density at radius 1 is 1.15 bits per heavy atom. The zero-order valence-electron chi connectivity index (χ0n) is 21.9. The lowest BCUT2D eigenvalue weighted by Crippen LogP contribution is -2.53. The fourth-order valence-electron chi connectivity index (χ4n) is 5.07. The van der Waals surface area contributed by atoms with E-state index in [0.717, 1.165) is 17.7 Å². The molecular formula is C29H30FN7O3. The summed E-state index contributed by atoms with van der Waals surface area (Å²) < 4.78 is 14.8. The van der Waals surface area contributed by atoms with Gasteiger partial charge in [-0.1, -0.05) is 17.3 Å². The molecule has 4 atom stereocenters. The second kappa shape index (κ2) is 12.2. The Balaban J connectivity index is 1.19. The number of likely N-dealkylation sites (tertiary alicyclic amines) is 1. The number of hydrogen-bond donors (Lipinski definition) is 2. The SMILES string of the molecule is N#CC1CCN(C(=O)[C@H](CCCN[C@@H]2C[C@H]2c2ccc(F)cc2)NC(=O)c2ccc(-n3ccnn3)cc2)CC1=O. The average molecular weight is 544 g/mol. The van der Waals surface area contributed by atoms with E-state index in [1.165, 1.54) is 17.0 Å². The molecular weight excluding hydrogens is 513 g/mol. The minimum atomic E-state index is -0.817. The quantitative estimate of drug-likeness (QED) is 0.375. The van der Waals surface area contributed by atoms with Gasteiger partial charge in [0.15, 0.2) is 5.78 Å². The van der Waals surface area contributed by atoms with Crippen molar-refractivity contribution in [2.45, 2.75) is 43.7 Å². The predicted molar refractivity (Wildman–Crippen MR) is 143 cm³/mol. The third-order valence-electron chi connectivity index (χ3n) is 7.48. The van der Waals surface area contributed by atoms with Gasteiger partial charge in [-0.05, 0) is 74.2 Å². The van der Waals surface area contributed by atoms with Gasteiger partial charge in [-0.3, -0.25) is 14.4 Å². The Labute approximate surface area is 231 Å². The molecule has 2 aliphatic rings. The lowest BCUT2D eigenvalue weighted by Gasteiger charge is -2.31. The van der Waals surface area contributed by atoms with Crippen LogP contribution in [0.15, 0.2) is 60.9 Å². The number of aromatic nitrogens is 3. The Kier molecular flexibility index (Phi) is 8.26. The van der Waals surface area contributed by atoms with Crippen LogP contribution in [-0.2, 0) is 9.59 Å². The number of rotatable bonds is 10. The standard InChI is InChI=1S/C29H30FN7O3/c30-22-7-3-19(4-8-22)24-16-26(24)32-12-1-2-25(29(40)36-14-11-21(17-31)27(38)18-36)34-28(39)20-5-9-23(10-6-20)37-15-13-33-35-37/h3-10,13,15,21,24-26,32H,1-2,11-12,14,16,18H2,(H,34,39)/t21?,24-,25-,26+/m0/s1. The van der Waals surface area contributed by atoms with Gasteiger partial charge in [0, 0.05) is 24.1 Å². The van der Waals surface area contributed by atoms with E-state index in [2.05, 4.69) is 20.9 Å². The molecule has 0 spiro atoms. The van der Waals surface area contributed by atoms with E-state index in [1.807, 2.05) is 6.07 Å². The second-order valence-corrected chi connectivity index (χ2v) is 10.2. The number of amides is 2. The van der Waals surface area contributed by atoms with E-state index in [0.29, 0.717) is 49.9 Å². The lowest BCUT2D eigenvalue weighted by molar-refractivity contribution is -0.140. The van der Waals surface area contributed by atoms with Gasteiger partial charge in [-0.15, -0.1) is 5.10 Å². The van der Waals surface area contributed by atoms with Gasteiger partial charge in [0.2, 0.25) is 5.91 Å². The molecule has 1 unspecified atom stereocenters. The molecule has 5 rings (SSSR count). The van der Waals surface area contributed by atoms with Gasteiger partial charge >= 0.3 is 0 Å². The molecule has 1 aliphatic carbocycles. The topological polar surface area (TPSA) is 133 Å². The number of ketones is 1. The summed E-state index contributed by atoms with van der Waals surface area (Å²) >= 11 is 0. The van der Waals surface area contributed by atoms with Crippen LogP contribution in [0.25, 0.3) is 5.69 Å². The Bertz CT molecular complexity index is 1390. The van der Waals surface area contributed by atoms with Gasteiger partial charge < -0.3 is 15.5 Å². The van der Waals surface area contributed by atoms with Crippen LogP contribution in [0.5, 0.6) is 0 Å². The fraction of sp³-hybridized carbons (Fsp3) is 0.379. The molecule has 3 aromatic rings. The number of nitrogens with zero attached hydrogens (tertiary/aromatic N) is 5. The summed E-state index contributed by atoms with van der Waals surface area (Å²) in [6.45, 7) is 0.807. The summed E-state index contributed by atoms with van der Waals surface area (Å²) in [6, 6.07) is 14.8. The molecule has 0 bridgehead atoms. The maximum atomic E-state index is 13.4. The molecule has 2 N–H and O–H groups in total. The van der Waals surface area contributed by atoms with E-state index >= 15 is 0 Å². The Morgan fingerprint density at radius 2 is 1.93 bits per heavy atom. The number of Topliss-reactive ketones (excluding diaryl/α,β-unsaturated/α-hetero) is 1. The third-order valence-corrected chi connectivity index (χ3v) is 7.48. The van der Waals surface area contributed by atoms with Crippen molar-refractivity contribution in [1.82, 2.24) is 30.5 Å². The van der Waals surface area contributed by atoms with Crippen LogP contribution < -0.4 is 10.6 Å². The minimum absolute atomic E-state index is 0.129. The summed E-state index contributed by atoms with van der Waals surface area (Å²) in [5, 5.41) is 23.2. The number of carbonyl (C=O) groups is 3. The summed E-state index contributed by atoms with van der Waals surface area (Å²) in [4.78, 5) is 40.3. The summed E-state index contributed by atoms with van der Waals surface area (Å²) in [5.74, 6) is -1.61. The van der Waals surface area contributed by atoms with Crippen molar-refractivity contribution in [2.75, 3.05) is 19.6 Å². The van der Waals surface area contributed by atoms with Crippen molar-refractivity contribution in [3.05, 3.63) is 77.9 Å². The predicted octanol–water partition coefficient (Wildman–Crippen LogP) is 2.37. The van der Waals surface area contributed by atoms with E-state index in [-0.39, 0.29) is 24.1 Å². The normalized spacial score (nSPS) is 20.9. The number of piperidine rings is 1. The first-order valence-corrected chi connectivity index (χ1v) is 13.4. The van der Waals surface area contributed by atoms with Crippen LogP contribution in [-0.4, -0.2) is 69.2 Å². The lowest BCUT2D eigenvalue weighted by atomic mass is 9.96. The zero-order chi connectivity index (χ0) is 28.1. The van der Waals surface area contributed by atoms with E-state index in [1.54, 1.807) is 53.5 Å². The van der Waals surface area contributed by atoms with Crippen molar-refractivity contribution < 1.29 is 18.8 Å². The molecule has 2 aromatic carbocycles.